The molecule has 1 amide bonds. The summed E-state index contributed by atoms with van der Waals surface area (Å²) in [6.07, 6.45) is 2.38. The second-order valence-corrected chi connectivity index (χ2v) is 6.43. The molecular formula is C12H14ClNO3S. The van der Waals surface area contributed by atoms with Crippen LogP contribution in [0.25, 0.3) is 0 Å². The Hall–Kier alpha value is -1.33. The van der Waals surface area contributed by atoms with Crippen LogP contribution in [0.4, 0.5) is 0 Å². The second kappa shape index (κ2) is 6.02. The van der Waals surface area contributed by atoms with Crippen LogP contribution in [-0.4, -0.2) is 20.4 Å². The molecular weight excluding hydrogens is 274 g/mol. The third kappa shape index (κ3) is 4.16. The van der Waals surface area contributed by atoms with Gasteiger partial charge in [0.1, 0.15) is 0 Å². The molecule has 0 spiro atoms. The molecule has 0 aliphatic heterocycles. The standard InChI is InChI=1S/C12H14ClNO3S/c1-3-4-9(2)14-12(15)10-5-7-11(8-6-10)18(13,16)17/h3,5-9H,1,4H2,2H3,(H,14,15). The molecule has 0 saturated carbocycles. The number of carbonyl (C=O) groups is 1. The zero-order valence-electron chi connectivity index (χ0n) is 9.89. The molecule has 1 N–H and O–H groups in total. The smallest absolute Gasteiger partial charge is 0.261 e. The SMILES string of the molecule is C=CCC(C)NC(=O)c1ccc(S(=O)(=O)Cl)cc1. The highest BCUT2D eigenvalue weighted by molar-refractivity contribution is 8.13. The van der Waals surface area contributed by atoms with Crippen molar-refractivity contribution in [3.8, 4) is 0 Å². The minimum atomic E-state index is -3.75. The Morgan fingerprint density at radius 2 is 2.00 bits per heavy atom. The highest BCUT2D eigenvalue weighted by atomic mass is 35.7. The molecule has 1 unspecified atom stereocenters. The first kappa shape index (κ1) is 14.7. The van der Waals surface area contributed by atoms with Crippen molar-refractivity contribution in [1.29, 1.82) is 0 Å². The summed E-state index contributed by atoms with van der Waals surface area (Å²) >= 11 is 0. The zero-order chi connectivity index (χ0) is 13.8. The summed E-state index contributed by atoms with van der Waals surface area (Å²) in [5.41, 5.74) is 0.384. The van der Waals surface area contributed by atoms with Gasteiger partial charge in [0.25, 0.3) is 15.0 Å². The fourth-order valence-corrected chi connectivity index (χ4v) is 2.15. The summed E-state index contributed by atoms with van der Waals surface area (Å²) in [7, 11) is 1.43. The average molecular weight is 288 g/mol. The van der Waals surface area contributed by atoms with Gasteiger partial charge in [0, 0.05) is 22.3 Å². The van der Waals surface area contributed by atoms with E-state index in [1.54, 1.807) is 6.08 Å². The third-order valence-corrected chi connectivity index (χ3v) is 3.67. The van der Waals surface area contributed by atoms with Crippen LogP contribution in [0.1, 0.15) is 23.7 Å². The van der Waals surface area contributed by atoms with Crippen LogP contribution in [-0.2, 0) is 9.05 Å². The molecule has 0 fully saturated rings. The lowest BCUT2D eigenvalue weighted by Crippen LogP contribution is -2.32. The van der Waals surface area contributed by atoms with Crippen molar-refractivity contribution in [2.75, 3.05) is 0 Å². The van der Waals surface area contributed by atoms with Gasteiger partial charge in [-0.15, -0.1) is 6.58 Å². The van der Waals surface area contributed by atoms with E-state index in [2.05, 4.69) is 11.9 Å². The van der Waals surface area contributed by atoms with Crippen molar-refractivity contribution in [3.05, 3.63) is 42.5 Å². The predicted molar refractivity (Wildman–Crippen MR) is 71.2 cm³/mol. The molecule has 6 heteroatoms. The fourth-order valence-electron chi connectivity index (χ4n) is 1.38. The van der Waals surface area contributed by atoms with Gasteiger partial charge >= 0.3 is 0 Å². The van der Waals surface area contributed by atoms with E-state index >= 15 is 0 Å². The van der Waals surface area contributed by atoms with Gasteiger partial charge in [-0.3, -0.25) is 4.79 Å². The first-order chi connectivity index (χ1) is 8.34. The first-order valence-electron chi connectivity index (χ1n) is 5.31. The third-order valence-electron chi connectivity index (χ3n) is 2.30. The van der Waals surface area contributed by atoms with E-state index in [-0.39, 0.29) is 16.8 Å². The van der Waals surface area contributed by atoms with Crippen LogP contribution in [0.15, 0.2) is 41.8 Å². The van der Waals surface area contributed by atoms with Gasteiger partial charge in [0.05, 0.1) is 4.90 Å². The maximum absolute atomic E-state index is 11.8. The number of amides is 1. The number of hydrogen-bond acceptors (Lipinski definition) is 3. The highest BCUT2D eigenvalue weighted by Crippen LogP contribution is 2.15. The number of nitrogens with one attached hydrogen (secondary N) is 1. The average Bonchev–Trinajstić information content (AvgIpc) is 2.28. The van der Waals surface area contributed by atoms with E-state index in [4.69, 9.17) is 10.7 Å². The molecule has 0 aliphatic rings. The Bertz CT molecular complexity index is 537. The van der Waals surface area contributed by atoms with Crippen LogP contribution in [0, 0.1) is 0 Å². The summed E-state index contributed by atoms with van der Waals surface area (Å²) < 4.78 is 22.1. The van der Waals surface area contributed by atoms with Crippen molar-refractivity contribution in [2.45, 2.75) is 24.3 Å². The number of halogens is 1. The molecule has 98 valence electrons. The van der Waals surface area contributed by atoms with Crippen LogP contribution in [0.3, 0.4) is 0 Å². The van der Waals surface area contributed by atoms with E-state index in [1.807, 2.05) is 6.92 Å². The van der Waals surface area contributed by atoms with E-state index in [1.165, 1.54) is 24.3 Å². The molecule has 0 radical (unpaired) electrons. The first-order valence-corrected chi connectivity index (χ1v) is 7.62. The van der Waals surface area contributed by atoms with Gasteiger partial charge in [-0.1, -0.05) is 6.08 Å². The summed E-state index contributed by atoms with van der Waals surface area (Å²) in [5.74, 6) is -0.261. The second-order valence-electron chi connectivity index (χ2n) is 3.86. The lowest BCUT2D eigenvalue weighted by Gasteiger charge is -2.11. The zero-order valence-corrected chi connectivity index (χ0v) is 11.5. The van der Waals surface area contributed by atoms with Gasteiger partial charge in [-0.2, -0.15) is 0 Å². The maximum Gasteiger partial charge on any atom is 0.261 e. The van der Waals surface area contributed by atoms with Crippen LogP contribution in [0.5, 0.6) is 0 Å². The number of carbonyl (C=O) groups excluding carboxylic acids is 1. The van der Waals surface area contributed by atoms with Crippen molar-refractivity contribution in [1.82, 2.24) is 5.32 Å². The van der Waals surface area contributed by atoms with Crippen molar-refractivity contribution in [2.24, 2.45) is 0 Å². The Balaban J connectivity index is 2.80. The van der Waals surface area contributed by atoms with Gasteiger partial charge < -0.3 is 5.32 Å². The van der Waals surface area contributed by atoms with E-state index < -0.39 is 9.05 Å². The van der Waals surface area contributed by atoms with Crippen molar-refractivity contribution >= 4 is 25.6 Å². The normalized spacial score (nSPS) is 12.8. The Kier molecular flexibility index (Phi) is 4.93. The van der Waals surface area contributed by atoms with E-state index in [0.717, 1.165) is 0 Å². The summed E-state index contributed by atoms with van der Waals surface area (Å²) in [6.45, 7) is 5.44. The van der Waals surface area contributed by atoms with Gasteiger partial charge in [-0.05, 0) is 37.6 Å². The number of rotatable bonds is 5. The molecule has 1 atom stereocenters. The number of benzene rings is 1. The fraction of sp³-hybridized carbons (Fsp3) is 0.250. The molecule has 4 nitrogen and oxygen atoms in total. The summed E-state index contributed by atoms with van der Waals surface area (Å²) in [6, 6.07) is 5.42. The number of hydrogen-bond donors (Lipinski definition) is 1. The van der Waals surface area contributed by atoms with Crippen LogP contribution in [0.2, 0.25) is 0 Å². The van der Waals surface area contributed by atoms with Gasteiger partial charge in [-0.25, -0.2) is 8.42 Å². The molecule has 0 bridgehead atoms. The summed E-state index contributed by atoms with van der Waals surface area (Å²) in [4.78, 5) is 11.7. The van der Waals surface area contributed by atoms with Gasteiger partial charge in [0.15, 0.2) is 0 Å². The summed E-state index contributed by atoms with van der Waals surface area (Å²) in [5, 5.41) is 2.76. The molecule has 0 aromatic heterocycles. The quantitative estimate of drug-likeness (QED) is 0.668. The van der Waals surface area contributed by atoms with Crippen molar-refractivity contribution in [3.63, 3.8) is 0 Å². The largest absolute Gasteiger partial charge is 0.349 e. The van der Waals surface area contributed by atoms with Crippen molar-refractivity contribution < 1.29 is 13.2 Å². The Morgan fingerprint density at radius 3 is 2.44 bits per heavy atom. The predicted octanol–water partition coefficient (Wildman–Crippen LogP) is 2.31. The monoisotopic (exact) mass is 287 g/mol. The Morgan fingerprint density at radius 1 is 1.44 bits per heavy atom. The minimum Gasteiger partial charge on any atom is -0.349 e. The van der Waals surface area contributed by atoms with Crippen LogP contribution < -0.4 is 5.32 Å². The molecule has 0 saturated heterocycles. The maximum atomic E-state index is 11.8. The Labute approximate surface area is 111 Å². The lowest BCUT2D eigenvalue weighted by molar-refractivity contribution is 0.0940. The van der Waals surface area contributed by atoms with Crippen LogP contribution >= 0.6 is 10.7 Å². The van der Waals surface area contributed by atoms with E-state index in [9.17, 15) is 13.2 Å². The molecule has 1 aromatic rings. The molecule has 1 rings (SSSR count). The van der Waals surface area contributed by atoms with E-state index in [0.29, 0.717) is 12.0 Å². The molecule has 1 aromatic carbocycles. The topological polar surface area (TPSA) is 63.2 Å². The van der Waals surface area contributed by atoms with Gasteiger partial charge in [0.2, 0.25) is 0 Å². The lowest BCUT2D eigenvalue weighted by atomic mass is 10.2. The molecule has 0 aliphatic carbocycles. The minimum absolute atomic E-state index is 0.0218. The highest BCUT2D eigenvalue weighted by Gasteiger charge is 2.12. The molecule has 0 heterocycles. The molecule has 18 heavy (non-hydrogen) atoms.